The molecular formula is C14H21NO2. The molecule has 1 aromatic carbocycles. The Kier molecular flexibility index (Phi) is 5.57. The van der Waals surface area contributed by atoms with Gasteiger partial charge in [0, 0.05) is 12.1 Å². The Bertz CT molecular complexity index is 372. The van der Waals surface area contributed by atoms with Crippen LogP contribution in [0.15, 0.2) is 30.4 Å². The number of hydrogen-bond acceptors (Lipinski definition) is 3. The van der Waals surface area contributed by atoms with Gasteiger partial charge in [0.05, 0.1) is 7.11 Å². The molecule has 17 heavy (non-hydrogen) atoms. The third-order valence-electron chi connectivity index (χ3n) is 2.39. The molecule has 0 bridgehead atoms. The highest BCUT2D eigenvalue weighted by atomic mass is 16.5. The third kappa shape index (κ3) is 4.49. The van der Waals surface area contributed by atoms with Gasteiger partial charge >= 0.3 is 0 Å². The van der Waals surface area contributed by atoms with Crippen LogP contribution in [0, 0.1) is 0 Å². The molecule has 1 aromatic rings. The zero-order chi connectivity index (χ0) is 12.7. The van der Waals surface area contributed by atoms with E-state index in [4.69, 9.17) is 15.2 Å². The van der Waals surface area contributed by atoms with Crippen molar-refractivity contribution in [2.24, 2.45) is 5.73 Å². The van der Waals surface area contributed by atoms with E-state index in [1.165, 1.54) is 0 Å². The molecule has 0 spiro atoms. The number of ether oxygens (including phenoxy) is 2. The molecule has 1 atom stereocenters. The maximum atomic E-state index is 5.82. The minimum absolute atomic E-state index is 0.118. The number of benzene rings is 1. The van der Waals surface area contributed by atoms with Crippen LogP contribution < -0.4 is 15.2 Å². The Morgan fingerprint density at radius 2 is 2.18 bits per heavy atom. The van der Waals surface area contributed by atoms with Crippen LogP contribution in [0.3, 0.4) is 0 Å². The lowest BCUT2D eigenvalue weighted by molar-refractivity contribution is 0.352. The maximum Gasteiger partial charge on any atom is 0.126 e. The monoisotopic (exact) mass is 235 g/mol. The van der Waals surface area contributed by atoms with Crippen LogP contribution in [-0.2, 0) is 6.42 Å². The summed E-state index contributed by atoms with van der Waals surface area (Å²) in [7, 11) is 1.65. The zero-order valence-corrected chi connectivity index (χ0v) is 10.8. The Labute approximate surface area is 103 Å². The van der Waals surface area contributed by atoms with Gasteiger partial charge in [0.2, 0.25) is 0 Å². The smallest absolute Gasteiger partial charge is 0.126 e. The summed E-state index contributed by atoms with van der Waals surface area (Å²) in [6.07, 6.45) is 4.73. The van der Waals surface area contributed by atoms with E-state index in [1.807, 2.05) is 44.2 Å². The van der Waals surface area contributed by atoms with Crippen molar-refractivity contribution in [1.29, 1.82) is 0 Å². The summed E-state index contributed by atoms with van der Waals surface area (Å²) in [5.41, 5.74) is 6.93. The zero-order valence-electron chi connectivity index (χ0n) is 10.8. The van der Waals surface area contributed by atoms with Gasteiger partial charge in [-0.15, -0.1) is 0 Å². The van der Waals surface area contributed by atoms with Gasteiger partial charge in [-0.05, 0) is 31.9 Å². The van der Waals surface area contributed by atoms with Gasteiger partial charge in [0.25, 0.3) is 0 Å². The van der Waals surface area contributed by atoms with Gasteiger partial charge in [-0.25, -0.2) is 0 Å². The van der Waals surface area contributed by atoms with E-state index in [1.54, 1.807) is 7.11 Å². The van der Waals surface area contributed by atoms with E-state index in [2.05, 4.69) is 0 Å². The maximum absolute atomic E-state index is 5.82. The van der Waals surface area contributed by atoms with Gasteiger partial charge < -0.3 is 15.2 Å². The number of nitrogens with two attached hydrogens (primary N) is 1. The first kappa shape index (κ1) is 13.6. The molecule has 3 heteroatoms. The minimum atomic E-state index is 0.118. The fourth-order valence-corrected chi connectivity index (χ4v) is 1.55. The molecule has 0 saturated heterocycles. The molecule has 0 radical (unpaired) electrons. The molecule has 3 nitrogen and oxygen atoms in total. The summed E-state index contributed by atoms with van der Waals surface area (Å²) in [5, 5.41) is 0. The van der Waals surface area contributed by atoms with Crippen LogP contribution in [0.2, 0.25) is 0 Å². The van der Waals surface area contributed by atoms with Gasteiger partial charge in [0.1, 0.15) is 18.1 Å². The summed E-state index contributed by atoms with van der Waals surface area (Å²) < 4.78 is 10.9. The third-order valence-corrected chi connectivity index (χ3v) is 2.39. The molecule has 0 aliphatic heterocycles. The van der Waals surface area contributed by atoms with Crippen LogP contribution in [0.1, 0.15) is 19.4 Å². The average Bonchev–Trinajstić information content (AvgIpc) is 2.30. The second-order valence-corrected chi connectivity index (χ2v) is 4.04. The van der Waals surface area contributed by atoms with Gasteiger partial charge in [-0.3, -0.25) is 0 Å². The van der Waals surface area contributed by atoms with Crippen molar-refractivity contribution < 1.29 is 9.47 Å². The highest BCUT2D eigenvalue weighted by Gasteiger charge is 2.07. The lowest BCUT2D eigenvalue weighted by Crippen LogP contribution is -2.18. The van der Waals surface area contributed by atoms with Crippen molar-refractivity contribution in [3.8, 4) is 11.5 Å². The van der Waals surface area contributed by atoms with E-state index in [-0.39, 0.29) is 6.04 Å². The van der Waals surface area contributed by atoms with E-state index >= 15 is 0 Å². The highest BCUT2D eigenvalue weighted by Crippen LogP contribution is 2.25. The van der Waals surface area contributed by atoms with Crippen molar-refractivity contribution in [2.45, 2.75) is 26.3 Å². The first-order valence-electron chi connectivity index (χ1n) is 5.83. The van der Waals surface area contributed by atoms with Gasteiger partial charge in [-0.1, -0.05) is 18.2 Å². The SMILES string of the molecule is CC=CCOc1cc(OC)ccc1CC(C)N. The van der Waals surface area contributed by atoms with Crippen molar-refractivity contribution in [1.82, 2.24) is 0 Å². The van der Waals surface area contributed by atoms with Crippen LogP contribution in [0.4, 0.5) is 0 Å². The van der Waals surface area contributed by atoms with Crippen molar-refractivity contribution >= 4 is 0 Å². The molecule has 0 amide bonds. The molecule has 94 valence electrons. The van der Waals surface area contributed by atoms with Crippen molar-refractivity contribution in [3.05, 3.63) is 35.9 Å². The molecule has 1 rings (SSSR count). The summed E-state index contributed by atoms with van der Waals surface area (Å²) in [6, 6.07) is 5.96. The van der Waals surface area contributed by atoms with Crippen LogP contribution in [-0.4, -0.2) is 19.8 Å². The van der Waals surface area contributed by atoms with Crippen LogP contribution >= 0.6 is 0 Å². The summed E-state index contributed by atoms with van der Waals surface area (Å²) in [6.45, 7) is 4.52. The topological polar surface area (TPSA) is 44.5 Å². The van der Waals surface area contributed by atoms with Gasteiger partial charge in [0.15, 0.2) is 0 Å². The predicted molar refractivity (Wildman–Crippen MR) is 70.7 cm³/mol. The number of methoxy groups -OCH3 is 1. The van der Waals surface area contributed by atoms with E-state index in [0.29, 0.717) is 6.61 Å². The molecular weight excluding hydrogens is 214 g/mol. The average molecular weight is 235 g/mol. The second-order valence-electron chi connectivity index (χ2n) is 4.04. The fourth-order valence-electron chi connectivity index (χ4n) is 1.55. The Morgan fingerprint density at radius 1 is 1.41 bits per heavy atom. The van der Waals surface area contributed by atoms with E-state index in [0.717, 1.165) is 23.5 Å². The molecule has 0 heterocycles. The lowest BCUT2D eigenvalue weighted by atomic mass is 10.1. The Balaban J connectivity index is 2.86. The predicted octanol–water partition coefficient (Wildman–Crippen LogP) is 2.54. The second kappa shape index (κ2) is 6.97. The van der Waals surface area contributed by atoms with Gasteiger partial charge in [-0.2, -0.15) is 0 Å². The fraction of sp³-hybridized carbons (Fsp3) is 0.429. The van der Waals surface area contributed by atoms with Crippen molar-refractivity contribution in [3.63, 3.8) is 0 Å². The molecule has 2 N–H and O–H groups in total. The Hall–Kier alpha value is -1.48. The van der Waals surface area contributed by atoms with E-state index in [9.17, 15) is 0 Å². The summed E-state index contributed by atoms with van der Waals surface area (Å²) in [4.78, 5) is 0. The van der Waals surface area contributed by atoms with Crippen LogP contribution in [0.5, 0.6) is 11.5 Å². The summed E-state index contributed by atoms with van der Waals surface area (Å²) in [5.74, 6) is 1.65. The normalized spacial score (nSPS) is 12.7. The number of rotatable bonds is 6. The van der Waals surface area contributed by atoms with Crippen molar-refractivity contribution in [2.75, 3.05) is 13.7 Å². The largest absolute Gasteiger partial charge is 0.497 e. The molecule has 0 aliphatic rings. The summed E-state index contributed by atoms with van der Waals surface area (Å²) >= 11 is 0. The molecule has 0 saturated carbocycles. The highest BCUT2D eigenvalue weighted by molar-refractivity contribution is 5.41. The molecule has 0 aliphatic carbocycles. The first-order valence-corrected chi connectivity index (χ1v) is 5.83. The first-order chi connectivity index (χ1) is 8.17. The number of hydrogen-bond donors (Lipinski definition) is 1. The standard InChI is InChI=1S/C14H21NO2/c1-4-5-8-17-14-10-13(16-3)7-6-12(14)9-11(2)15/h4-7,10-11H,8-9,15H2,1-3H3. The molecule has 0 fully saturated rings. The molecule has 0 aromatic heterocycles. The lowest BCUT2D eigenvalue weighted by Gasteiger charge is -2.13. The quantitative estimate of drug-likeness (QED) is 0.771. The minimum Gasteiger partial charge on any atom is -0.497 e. The number of allylic oxidation sites excluding steroid dienone is 1. The van der Waals surface area contributed by atoms with Crippen LogP contribution in [0.25, 0.3) is 0 Å². The Morgan fingerprint density at radius 3 is 2.76 bits per heavy atom. The van der Waals surface area contributed by atoms with E-state index < -0.39 is 0 Å². The molecule has 1 unspecified atom stereocenters.